The van der Waals surface area contributed by atoms with Crippen LogP contribution in [0.25, 0.3) is 0 Å². The smallest absolute Gasteiger partial charge is 0.372 e. The van der Waals surface area contributed by atoms with Crippen molar-refractivity contribution in [3.63, 3.8) is 0 Å². The largest absolute Gasteiger partial charge is 0.465 e. The van der Waals surface area contributed by atoms with Gasteiger partial charge in [0.2, 0.25) is 0 Å². The van der Waals surface area contributed by atoms with Crippen LogP contribution in [0.4, 0.5) is 14.4 Å². The molecule has 3 aromatic rings. The fourth-order valence-electron chi connectivity index (χ4n) is 3.84. The molecular weight excluding hydrogens is 721 g/mol. The van der Waals surface area contributed by atoms with Crippen molar-refractivity contribution >= 4 is 69.1 Å². The van der Waals surface area contributed by atoms with Crippen molar-refractivity contribution in [2.45, 2.75) is 32.6 Å². The molecule has 272 valence electrons. The maximum absolute atomic E-state index is 12.6. The van der Waals surface area contributed by atoms with Crippen molar-refractivity contribution in [2.75, 3.05) is 37.1 Å². The lowest BCUT2D eigenvalue weighted by molar-refractivity contribution is -0.161. The minimum atomic E-state index is -1.10. The number of hydrogen-bond donors (Lipinski definition) is 0. The lowest BCUT2D eigenvalue weighted by Gasteiger charge is -2.31. The molecule has 0 aromatic heterocycles. The predicted molar refractivity (Wildman–Crippen MR) is 194 cm³/mol. The van der Waals surface area contributed by atoms with Crippen LogP contribution in [0.1, 0.15) is 32.6 Å². The first-order valence-corrected chi connectivity index (χ1v) is 18.8. The molecule has 0 bridgehead atoms. The maximum atomic E-state index is 12.6. The second-order valence-electron chi connectivity index (χ2n) is 10.6. The summed E-state index contributed by atoms with van der Waals surface area (Å²) in [7, 11) is 0. The van der Waals surface area contributed by atoms with E-state index >= 15 is 0 Å². The van der Waals surface area contributed by atoms with E-state index in [4.69, 9.17) is 28.4 Å². The summed E-state index contributed by atoms with van der Waals surface area (Å²) in [5.41, 5.74) is -1.10. The first-order valence-electron chi connectivity index (χ1n) is 15.8. The standard InChI is InChI=1S/C36H38O12S3/c1-2-36(24-43-30(37)18-21-49-33(40)46-27-12-6-3-7-13-27,25-44-31(38)19-22-50-34(41)47-28-14-8-4-9-15-28)26-45-32(39)20-23-51-35(42)48-29-16-10-5-11-17-29/h3-17H,2,18-26H2,1H3. The van der Waals surface area contributed by atoms with Crippen molar-refractivity contribution in [1.29, 1.82) is 0 Å². The number of esters is 3. The number of benzene rings is 3. The van der Waals surface area contributed by atoms with Gasteiger partial charge in [-0.25, -0.2) is 14.4 Å². The van der Waals surface area contributed by atoms with Gasteiger partial charge in [0, 0.05) is 17.3 Å². The van der Waals surface area contributed by atoms with E-state index in [2.05, 4.69) is 0 Å². The van der Waals surface area contributed by atoms with Crippen LogP contribution in [0.15, 0.2) is 91.0 Å². The van der Waals surface area contributed by atoms with Gasteiger partial charge in [-0.1, -0.05) is 61.5 Å². The second-order valence-corrected chi connectivity index (χ2v) is 13.7. The second kappa shape index (κ2) is 23.1. The molecule has 0 N–H and O–H groups in total. The Kier molecular flexibility index (Phi) is 18.5. The fraction of sp³-hybridized carbons (Fsp3) is 0.333. The van der Waals surface area contributed by atoms with Gasteiger partial charge in [0.15, 0.2) is 0 Å². The van der Waals surface area contributed by atoms with Gasteiger partial charge in [-0.2, -0.15) is 0 Å². The number of ether oxygens (including phenoxy) is 6. The molecular formula is C36H38O12S3. The fourth-order valence-corrected chi connectivity index (χ4v) is 5.62. The van der Waals surface area contributed by atoms with Crippen LogP contribution in [0, 0.1) is 5.41 Å². The number of thioether (sulfide) groups is 3. The van der Waals surface area contributed by atoms with Gasteiger partial charge in [-0.05, 0) is 78.1 Å². The molecule has 0 fully saturated rings. The van der Waals surface area contributed by atoms with Crippen LogP contribution in [0.2, 0.25) is 0 Å². The number of carbonyl (C=O) groups excluding carboxylic acids is 6. The summed E-state index contributed by atoms with van der Waals surface area (Å²) in [6, 6.07) is 25.5. The van der Waals surface area contributed by atoms with E-state index in [-0.39, 0.29) is 62.8 Å². The molecule has 0 spiro atoms. The topological polar surface area (TPSA) is 158 Å². The van der Waals surface area contributed by atoms with E-state index in [1.807, 2.05) is 0 Å². The van der Waals surface area contributed by atoms with Gasteiger partial charge < -0.3 is 28.4 Å². The molecule has 0 aliphatic heterocycles. The maximum Gasteiger partial charge on any atom is 0.372 e. The van der Waals surface area contributed by atoms with Gasteiger partial charge in [-0.15, -0.1) is 0 Å². The lowest BCUT2D eigenvalue weighted by atomic mass is 9.88. The van der Waals surface area contributed by atoms with E-state index in [0.29, 0.717) is 17.2 Å². The summed E-state index contributed by atoms with van der Waals surface area (Å²) >= 11 is 2.45. The molecule has 0 amide bonds. The summed E-state index contributed by atoms with van der Waals surface area (Å²) in [5, 5.41) is -1.73. The number of carbonyl (C=O) groups is 6. The SMILES string of the molecule is CCC(COC(=O)CCSC(=O)Oc1ccccc1)(COC(=O)CCSC(=O)Oc1ccccc1)COC(=O)CCSC(=O)Oc1ccccc1. The molecule has 12 nitrogen and oxygen atoms in total. The third-order valence-corrected chi connectivity index (χ3v) is 8.96. The van der Waals surface area contributed by atoms with Crippen LogP contribution < -0.4 is 14.2 Å². The number of para-hydroxylation sites is 3. The molecule has 0 saturated carbocycles. The summed E-state index contributed by atoms with van der Waals surface area (Å²) in [5.74, 6) is -0.415. The summed E-state index contributed by atoms with van der Waals surface area (Å²) in [6.45, 7) is 1.00. The van der Waals surface area contributed by atoms with Gasteiger partial charge in [0.05, 0.1) is 24.7 Å². The quantitative estimate of drug-likeness (QED) is 0.0855. The molecule has 0 heterocycles. The van der Waals surface area contributed by atoms with E-state index in [9.17, 15) is 28.8 Å². The van der Waals surface area contributed by atoms with Crippen LogP contribution in [0.5, 0.6) is 17.2 Å². The highest BCUT2D eigenvalue weighted by Crippen LogP contribution is 2.26. The van der Waals surface area contributed by atoms with Gasteiger partial charge >= 0.3 is 33.8 Å². The minimum Gasteiger partial charge on any atom is -0.465 e. The van der Waals surface area contributed by atoms with E-state index in [1.54, 1.807) is 97.9 Å². The van der Waals surface area contributed by atoms with Crippen LogP contribution in [0.3, 0.4) is 0 Å². The summed E-state index contributed by atoms with van der Waals surface area (Å²) in [4.78, 5) is 74.0. The Balaban J connectivity index is 1.47. The van der Waals surface area contributed by atoms with E-state index < -0.39 is 39.2 Å². The third kappa shape index (κ3) is 17.3. The molecule has 51 heavy (non-hydrogen) atoms. The van der Waals surface area contributed by atoms with Crippen LogP contribution in [-0.4, -0.2) is 70.9 Å². The molecule has 0 aliphatic rings. The number of rotatable bonds is 19. The lowest BCUT2D eigenvalue weighted by Crippen LogP contribution is -2.39. The highest BCUT2D eigenvalue weighted by Gasteiger charge is 2.34. The monoisotopic (exact) mass is 758 g/mol. The Morgan fingerprint density at radius 1 is 0.471 bits per heavy atom. The first-order chi connectivity index (χ1) is 24.7. The van der Waals surface area contributed by atoms with Crippen molar-refractivity contribution in [1.82, 2.24) is 0 Å². The Labute approximate surface area is 308 Å². The minimum absolute atomic E-state index is 0.0995. The van der Waals surface area contributed by atoms with Crippen LogP contribution in [-0.2, 0) is 28.6 Å². The van der Waals surface area contributed by atoms with E-state index in [1.165, 1.54) is 0 Å². The molecule has 15 heteroatoms. The third-order valence-electron chi connectivity index (χ3n) is 6.78. The van der Waals surface area contributed by atoms with Crippen LogP contribution >= 0.6 is 35.3 Å². The molecule has 3 aromatic carbocycles. The zero-order chi connectivity index (χ0) is 36.7. The normalized spacial score (nSPS) is 10.8. The average molecular weight is 759 g/mol. The predicted octanol–water partition coefficient (Wildman–Crippen LogP) is 7.98. The zero-order valence-electron chi connectivity index (χ0n) is 27.9. The van der Waals surface area contributed by atoms with Crippen molar-refractivity contribution in [3.05, 3.63) is 91.0 Å². The highest BCUT2D eigenvalue weighted by atomic mass is 32.2. The highest BCUT2D eigenvalue weighted by molar-refractivity contribution is 8.13. The molecule has 0 unspecified atom stereocenters. The Hall–Kier alpha value is -4.47. The first kappa shape index (κ1) is 41.0. The van der Waals surface area contributed by atoms with Gasteiger partial charge in [0.1, 0.15) is 37.1 Å². The summed E-state index contributed by atoms with van der Waals surface area (Å²) in [6.07, 6.45) is -0.0447. The van der Waals surface area contributed by atoms with Crippen molar-refractivity contribution in [3.8, 4) is 17.2 Å². The van der Waals surface area contributed by atoms with E-state index in [0.717, 1.165) is 35.3 Å². The van der Waals surface area contributed by atoms with Crippen molar-refractivity contribution in [2.24, 2.45) is 5.41 Å². The Morgan fingerprint density at radius 3 is 1.00 bits per heavy atom. The van der Waals surface area contributed by atoms with Gasteiger partial charge in [-0.3, -0.25) is 14.4 Å². The Bertz CT molecular complexity index is 1370. The molecule has 0 aliphatic carbocycles. The molecule has 3 rings (SSSR count). The molecule has 0 radical (unpaired) electrons. The molecule has 0 atom stereocenters. The molecule has 0 saturated heterocycles. The zero-order valence-corrected chi connectivity index (χ0v) is 30.3. The van der Waals surface area contributed by atoms with Gasteiger partial charge in [0.25, 0.3) is 0 Å². The average Bonchev–Trinajstić information content (AvgIpc) is 3.13. The summed E-state index contributed by atoms with van der Waals surface area (Å²) < 4.78 is 32.0. The Morgan fingerprint density at radius 2 is 0.745 bits per heavy atom. The van der Waals surface area contributed by atoms with Crippen molar-refractivity contribution < 1.29 is 57.2 Å². The number of hydrogen-bond acceptors (Lipinski definition) is 15.